The second kappa shape index (κ2) is 14.9. The van der Waals surface area contributed by atoms with Gasteiger partial charge in [-0.15, -0.1) is 13.2 Å². The van der Waals surface area contributed by atoms with Crippen molar-refractivity contribution < 1.29 is 62.2 Å². The summed E-state index contributed by atoms with van der Waals surface area (Å²) in [5.74, 6) is -5.02. The smallest absolute Gasteiger partial charge is 0.429 e. The van der Waals surface area contributed by atoms with Crippen molar-refractivity contribution in [2.24, 2.45) is 0 Å². The summed E-state index contributed by atoms with van der Waals surface area (Å²) in [6.07, 6.45) is -6.99. The Labute approximate surface area is 271 Å². The molecule has 0 saturated heterocycles. The number of rotatable bonds is 8. The van der Waals surface area contributed by atoms with Gasteiger partial charge < -0.3 is 9.47 Å². The zero-order chi connectivity index (χ0) is 36.1. The second-order valence-corrected chi connectivity index (χ2v) is 10.3. The van der Waals surface area contributed by atoms with Crippen LogP contribution in [-0.2, 0) is 12.5 Å². The fourth-order valence-electron chi connectivity index (χ4n) is 4.34. The predicted octanol–water partition coefficient (Wildman–Crippen LogP) is 10.2. The largest absolute Gasteiger partial charge is 0.573 e. The van der Waals surface area contributed by atoms with Crippen LogP contribution in [0.15, 0.2) is 54.6 Å². The van der Waals surface area contributed by atoms with Crippen LogP contribution in [0.2, 0.25) is 0 Å². The molecule has 0 unspecified atom stereocenters. The standard InChI is InChI=1S/C35H20F12O2/c1-2-3-4-5-20-13-26(36)23(27(37)14-20)9-6-19-8-11-25(30(40)12-19)34(43,44)48-22-17-28(38)24(29(39)18-22)10-7-21-15-31(41)33(32(42)16-21)49-35(45,46)47/h8,11-18H,2-5H2,1H3. The van der Waals surface area contributed by atoms with Crippen molar-refractivity contribution in [2.75, 3.05) is 0 Å². The van der Waals surface area contributed by atoms with Crippen molar-refractivity contribution in [3.63, 3.8) is 0 Å². The molecular weight excluding hydrogens is 680 g/mol. The summed E-state index contributed by atoms with van der Waals surface area (Å²) < 4.78 is 175. The van der Waals surface area contributed by atoms with Crippen LogP contribution in [0.3, 0.4) is 0 Å². The Hall–Kier alpha value is -5.24. The predicted molar refractivity (Wildman–Crippen MR) is 152 cm³/mol. The van der Waals surface area contributed by atoms with E-state index >= 15 is 0 Å². The van der Waals surface area contributed by atoms with Crippen LogP contribution in [0.5, 0.6) is 11.5 Å². The minimum Gasteiger partial charge on any atom is -0.429 e. The molecule has 0 aliphatic heterocycles. The lowest BCUT2D eigenvalue weighted by Crippen LogP contribution is -2.23. The van der Waals surface area contributed by atoms with E-state index in [1.54, 1.807) is 0 Å². The summed E-state index contributed by atoms with van der Waals surface area (Å²) in [6.45, 7) is 1.97. The molecule has 0 heterocycles. The number of aryl methyl sites for hydroxylation is 1. The van der Waals surface area contributed by atoms with E-state index in [0.717, 1.165) is 37.5 Å². The van der Waals surface area contributed by atoms with Gasteiger partial charge in [0.2, 0.25) is 5.75 Å². The topological polar surface area (TPSA) is 18.5 Å². The molecule has 49 heavy (non-hydrogen) atoms. The van der Waals surface area contributed by atoms with Gasteiger partial charge in [-0.1, -0.05) is 43.4 Å². The quantitative estimate of drug-likeness (QED) is 0.104. The van der Waals surface area contributed by atoms with Gasteiger partial charge in [0, 0.05) is 23.3 Å². The van der Waals surface area contributed by atoms with E-state index in [0.29, 0.717) is 36.2 Å². The minimum absolute atomic E-state index is 0.245. The number of ether oxygens (including phenoxy) is 2. The Balaban J connectivity index is 1.51. The monoisotopic (exact) mass is 700 g/mol. The van der Waals surface area contributed by atoms with E-state index < -0.39 is 86.9 Å². The van der Waals surface area contributed by atoms with Crippen molar-refractivity contribution >= 4 is 0 Å². The molecule has 4 aromatic carbocycles. The molecule has 0 N–H and O–H groups in total. The third-order valence-electron chi connectivity index (χ3n) is 6.59. The van der Waals surface area contributed by atoms with Gasteiger partial charge in [-0.05, 0) is 60.9 Å². The van der Waals surface area contributed by atoms with Crippen LogP contribution >= 0.6 is 0 Å². The van der Waals surface area contributed by atoms with Gasteiger partial charge in [0.25, 0.3) is 0 Å². The van der Waals surface area contributed by atoms with E-state index in [1.807, 2.05) is 18.8 Å². The normalized spacial score (nSPS) is 11.4. The van der Waals surface area contributed by atoms with E-state index in [9.17, 15) is 52.7 Å². The van der Waals surface area contributed by atoms with Crippen LogP contribution in [0.1, 0.15) is 59.6 Å². The van der Waals surface area contributed by atoms with E-state index in [-0.39, 0.29) is 17.7 Å². The molecule has 0 aromatic heterocycles. The van der Waals surface area contributed by atoms with Gasteiger partial charge in [0.15, 0.2) is 11.6 Å². The lowest BCUT2D eigenvalue weighted by molar-refractivity contribution is -0.276. The maximum Gasteiger partial charge on any atom is 0.573 e. The molecule has 14 heteroatoms. The Morgan fingerprint density at radius 2 is 1.06 bits per heavy atom. The average molecular weight is 701 g/mol. The molecule has 0 radical (unpaired) electrons. The van der Waals surface area contributed by atoms with Crippen LogP contribution in [0.4, 0.5) is 52.7 Å². The Morgan fingerprint density at radius 1 is 0.551 bits per heavy atom. The fraction of sp³-hybridized carbons (Fsp3) is 0.200. The minimum atomic E-state index is -5.42. The second-order valence-electron chi connectivity index (χ2n) is 10.3. The average Bonchev–Trinajstić information content (AvgIpc) is 2.97. The number of benzene rings is 4. The number of halogens is 12. The Kier molecular flexibility index (Phi) is 11.1. The molecular formula is C35H20F12O2. The number of hydrogen-bond donors (Lipinski definition) is 0. The van der Waals surface area contributed by atoms with E-state index in [1.165, 1.54) is 0 Å². The molecule has 0 atom stereocenters. The Bertz CT molecular complexity index is 1930. The van der Waals surface area contributed by atoms with Crippen molar-refractivity contribution in [1.29, 1.82) is 0 Å². The molecule has 4 aromatic rings. The molecule has 0 aliphatic rings. The van der Waals surface area contributed by atoms with E-state index in [2.05, 4.69) is 21.3 Å². The lowest BCUT2D eigenvalue weighted by atomic mass is 10.0. The molecule has 256 valence electrons. The van der Waals surface area contributed by atoms with Gasteiger partial charge in [-0.25, -0.2) is 30.7 Å². The van der Waals surface area contributed by atoms with Crippen LogP contribution in [0, 0.1) is 64.4 Å². The van der Waals surface area contributed by atoms with Gasteiger partial charge in [-0.3, -0.25) is 0 Å². The lowest BCUT2D eigenvalue weighted by Gasteiger charge is -2.19. The summed E-state index contributed by atoms with van der Waals surface area (Å²) in [4.78, 5) is 0. The highest BCUT2D eigenvalue weighted by molar-refractivity contribution is 5.49. The van der Waals surface area contributed by atoms with Gasteiger partial charge in [0.05, 0.1) is 11.1 Å². The summed E-state index contributed by atoms with van der Waals surface area (Å²) >= 11 is 0. The first-order valence-electron chi connectivity index (χ1n) is 14.1. The highest BCUT2D eigenvalue weighted by Gasteiger charge is 2.38. The molecule has 0 aliphatic carbocycles. The van der Waals surface area contributed by atoms with Crippen molar-refractivity contribution in [3.05, 3.63) is 129 Å². The SMILES string of the molecule is CCCCCc1cc(F)c(C#Cc2ccc(C(F)(F)Oc3cc(F)c(C#Cc4cc(F)c(OC(F)(F)F)c(F)c4)c(F)c3)c(F)c2)c(F)c1. The van der Waals surface area contributed by atoms with Gasteiger partial charge in [0.1, 0.15) is 40.4 Å². The van der Waals surface area contributed by atoms with Crippen molar-refractivity contribution in [1.82, 2.24) is 0 Å². The zero-order valence-electron chi connectivity index (χ0n) is 24.9. The first-order chi connectivity index (χ1) is 23.0. The first kappa shape index (κ1) is 36.6. The summed E-state index contributed by atoms with van der Waals surface area (Å²) in [7, 11) is 0. The maximum absolute atomic E-state index is 14.9. The molecule has 4 rings (SSSR count). The molecule has 0 spiro atoms. The molecule has 0 saturated carbocycles. The third-order valence-corrected chi connectivity index (χ3v) is 6.59. The van der Waals surface area contributed by atoms with E-state index in [4.69, 9.17) is 0 Å². The fourth-order valence-corrected chi connectivity index (χ4v) is 4.34. The van der Waals surface area contributed by atoms with Crippen LogP contribution in [0.25, 0.3) is 0 Å². The molecule has 0 fully saturated rings. The molecule has 0 bridgehead atoms. The number of hydrogen-bond acceptors (Lipinski definition) is 2. The first-order valence-corrected chi connectivity index (χ1v) is 14.1. The molecule has 2 nitrogen and oxygen atoms in total. The Morgan fingerprint density at radius 3 is 1.57 bits per heavy atom. The summed E-state index contributed by atoms with van der Waals surface area (Å²) in [5, 5.41) is 0. The molecule has 0 amide bonds. The maximum atomic E-state index is 14.9. The van der Waals surface area contributed by atoms with Crippen LogP contribution < -0.4 is 9.47 Å². The van der Waals surface area contributed by atoms with Crippen molar-refractivity contribution in [3.8, 4) is 35.2 Å². The number of unbranched alkanes of at least 4 members (excludes halogenated alkanes) is 2. The summed E-state index contributed by atoms with van der Waals surface area (Å²) in [6, 6.07) is 5.29. The summed E-state index contributed by atoms with van der Waals surface area (Å²) in [5.41, 5.74) is -3.58. The van der Waals surface area contributed by atoms with Gasteiger partial charge in [-0.2, -0.15) is 8.78 Å². The zero-order valence-corrected chi connectivity index (χ0v) is 24.9. The highest BCUT2D eigenvalue weighted by Crippen LogP contribution is 2.35. The van der Waals surface area contributed by atoms with Gasteiger partial charge >= 0.3 is 12.5 Å². The highest BCUT2D eigenvalue weighted by atomic mass is 19.4. The van der Waals surface area contributed by atoms with Crippen molar-refractivity contribution in [2.45, 2.75) is 45.1 Å². The third kappa shape index (κ3) is 9.44. The number of alkyl halides is 5. The van der Waals surface area contributed by atoms with Crippen LogP contribution in [-0.4, -0.2) is 6.36 Å².